The van der Waals surface area contributed by atoms with Crippen molar-refractivity contribution in [2.45, 2.75) is 45.2 Å². The van der Waals surface area contributed by atoms with E-state index in [1.807, 2.05) is 12.1 Å². The van der Waals surface area contributed by atoms with Gasteiger partial charge in [-0.1, -0.05) is 51.1 Å². The molecule has 5 nitrogen and oxygen atoms in total. The zero-order valence-electron chi connectivity index (χ0n) is 17.5. The molecule has 1 saturated heterocycles. The van der Waals surface area contributed by atoms with Gasteiger partial charge in [0, 0.05) is 18.2 Å². The lowest BCUT2D eigenvalue weighted by Crippen LogP contribution is -2.40. The summed E-state index contributed by atoms with van der Waals surface area (Å²) in [4.78, 5) is 15.0. The molecule has 1 atom stereocenters. The molecule has 1 heterocycles. The highest BCUT2D eigenvalue weighted by molar-refractivity contribution is 7.91. The van der Waals surface area contributed by atoms with Gasteiger partial charge < -0.3 is 9.64 Å². The van der Waals surface area contributed by atoms with E-state index < -0.39 is 9.84 Å². The first-order chi connectivity index (χ1) is 13.6. The van der Waals surface area contributed by atoms with Gasteiger partial charge in [0.05, 0.1) is 18.6 Å². The van der Waals surface area contributed by atoms with Gasteiger partial charge in [-0.05, 0) is 41.2 Å². The monoisotopic (exact) mass is 415 g/mol. The fourth-order valence-corrected chi connectivity index (χ4v) is 5.35. The van der Waals surface area contributed by atoms with E-state index in [1.54, 1.807) is 36.3 Å². The smallest absolute Gasteiger partial charge is 0.254 e. The van der Waals surface area contributed by atoms with Crippen molar-refractivity contribution in [2.75, 3.05) is 18.6 Å². The summed E-state index contributed by atoms with van der Waals surface area (Å²) in [5.41, 5.74) is 2.75. The second kappa shape index (κ2) is 8.19. The van der Waals surface area contributed by atoms with Gasteiger partial charge in [0.15, 0.2) is 9.84 Å². The van der Waals surface area contributed by atoms with Crippen LogP contribution in [-0.2, 0) is 21.8 Å². The van der Waals surface area contributed by atoms with Crippen molar-refractivity contribution in [2.24, 2.45) is 0 Å². The summed E-state index contributed by atoms with van der Waals surface area (Å²) in [7, 11) is -1.55. The zero-order chi connectivity index (χ0) is 21.2. The van der Waals surface area contributed by atoms with Crippen LogP contribution in [-0.4, -0.2) is 43.9 Å². The van der Waals surface area contributed by atoms with Crippen LogP contribution in [0.15, 0.2) is 48.5 Å². The van der Waals surface area contributed by atoms with E-state index >= 15 is 0 Å². The molecule has 0 aliphatic carbocycles. The van der Waals surface area contributed by atoms with Gasteiger partial charge in [0.25, 0.3) is 5.91 Å². The zero-order valence-corrected chi connectivity index (χ0v) is 18.3. The van der Waals surface area contributed by atoms with Crippen molar-refractivity contribution in [3.8, 4) is 5.75 Å². The van der Waals surface area contributed by atoms with E-state index in [0.29, 0.717) is 24.3 Å². The minimum atomic E-state index is -3.11. The normalized spacial score (nSPS) is 18.4. The molecule has 0 N–H and O–H groups in total. The third kappa shape index (κ3) is 5.18. The maximum atomic E-state index is 13.3. The van der Waals surface area contributed by atoms with Gasteiger partial charge in [-0.3, -0.25) is 4.79 Å². The molecule has 156 valence electrons. The Labute approximate surface area is 173 Å². The van der Waals surface area contributed by atoms with Crippen LogP contribution in [0.3, 0.4) is 0 Å². The predicted molar refractivity (Wildman–Crippen MR) is 115 cm³/mol. The number of carbonyl (C=O) groups excluding carboxylic acids is 1. The lowest BCUT2D eigenvalue weighted by molar-refractivity contribution is 0.0680. The first kappa shape index (κ1) is 21.4. The maximum Gasteiger partial charge on any atom is 0.254 e. The Bertz CT molecular complexity index is 975. The van der Waals surface area contributed by atoms with Crippen LogP contribution in [0.4, 0.5) is 0 Å². The average Bonchev–Trinajstić information content (AvgIpc) is 3.04. The average molecular weight is 416 g/mol. The van der Waals surface area contributed by atoms with Gasteiger partial charge in [0.1, 0.15) is 5.75 Å². The number of amides is 1. The molecule has 1 aliphatic rings. The largest absolute Gasteiger partial charge is 0.497 e. The minimum Gasteiger partial charge on any atom is -0.497 e. The molecule has 0 spiro atoms. The molecule has 3 rings (SSSR count). The molecule has 1 unspecified atom stereocenters. The molecular weight excluding hydrogens is 386 g/mol. The number of benzene rings is 2. The van der Waals surface area contributed by atoms with E-state index in [2.05, 4.69) is 32.9 Å². The second-order valence-electron chi connectivity index (χ2n) is 8.67. The summed E-state index contributed by atoms with van der Waals surface area (Å²) >= 11 is 0. The van der Waals surface area contributed by atoms with Crippen molar-refractivity contribution < 1.29 is 17.9 Å². The Morgan fingerprint density at radius 2 is 1.83 bits per heavy atom. The molecule has 0 radical (unpaired) electrons. The Kier molecular flexibility index (Phi) is 6.03. The van der Waals surface area contributed by atoms with Gasteiger partial charge in [-0.15, -0.1) is 0 Å². The molecule has 0 saturated carbocycles. The molecule has 1 amide bonds. The number of sulfone groups is 1. The topological polar surface area (TPSA) is 63.7 Å². The Morgan fingerprint density at radius 1 is 1.14 bits per heavy atom. The fourth-order valence-electron chi connectivity index (χ4n) is 3.62. The van der Waals surface area contributed by atoms with Gasteiger partial charge >= 0.3 is 0 Å². The van der Waals surface area contributed by atoms with Gasteiger partial charge in [0.2, 0.25) is 0 Å². The van der Waals surface area contributed by atoms with Crippen molar-refractivity contribution in [3.05, 3.63) is 65.2 Å². The minimum absolute atomic E-state index is 0.0166. The van der Waals surface area contributed by atoms with Gasteiger partial charge in [-0.25, -0.2) is 8.42 Å². The molecule has 1 aliphatic heterocycles. The molecular formula is C23H29NO4S. The van der Waals surface area contributed by atoms with E-state index in [4.69, 9.17) is 4.74 Å². The lowest BCUT2D eigenvalue weighted by Gasteiger charge is -2.29. The van der Waals surface area contributed by atoms with Crippen LogP contribution < -0.4 is 4.74 Å². The lowest BCUT2D eigenvalue weighted by atomic mass is 9.86. The maximum absolute atomic E-state index is 13.3. The standard InChI is InChI=1S/C23H29NO4S/c1-23(2,3)19-10-8-17(9-11-19)15-24(20-12-13-29(26,27)16-20)22(25)18-6-5-7-21(14-18)28-4/h5-11,14,20H,12-13,15-16H2,1-4H3. The quantitative estimate of drug-likeness (QED) is 0.745. The highest BCUT2D eigenvalue weighted by Gasteiger charge is 2.35. The Balaban J connectivity index is 1.90. The number of carbonyl (C=O) groups is 1. The highest BCUT2D eigenvalue weighted by atomic mass is 32.2. The van der Waals surface area contributed by atoms with Crippen LogP contribution in [0, 0.1) is 0 Å². The van der Waals surface area contributed by atoms with Gasteiger partial charge in [-0.2, -0.15) is 0 Å². The molecule has 6 heteroatoms. The van der Waals surface area contributed by atoms with Crippen LogP contribution in [0.1, 0.15) is 48.7 Å². The number of ether oxygens (including phenoxy) is 1. The first-order valence-electron chi connectivity index (χ1n) is 9.84. The van der Waals surface area contributed by atoms with Crippen LogP contribution >= 0.6 is 0 Å². The van der Waals surface area contributed by atoms with Crippen molar-refractivity contribution in [1.29, 1.82) is 0 Å². The summed E-state index contributed by atoms with van der Waals surface area (Å²) in [6, 6.07) is 14.9. The highest BCUT2D eigenvalue weighted by Crippen LogP contribution is 2.26. The van der Waals surface area contributed by atoms with E-state index in [9.17, 15) is 13.2 Å². The van der Waals surface area contributed by atoms with Crippen molar-refractivity contribution in [1.82, 2.24) is 4.90 Å². The third-order valence-corrected chi connectivity index (χ3v) is 7.15. The molecule has 2 aromatic carbocycles. The Morgan fingerprint density at radius 3 is 2.38 bits per heavy atom. The summed E-state index contributed by atoms with van der Waals surface area (Å²) in [5, 5.41) is 0. The number of methoxy groups -OCH3 is 1. The number of hydrogen-bond donors (Lipinski definition) is 0. The summed E-state index contributed by atoms with van der Waals surface area (Å²) in [6.07, 6.45) is 0.470. The number of nitrogens with zero attached hydrogens (tertiary/aromatic N) is 1. The predicted octanol–water partition coefficient (Wildman–Crippen LogP) is 3.82. The third-order valence-electron chi connectivity index (χ3n) is 5.40. The van der Waals surface area contributed by atoms with E-state index in [0.717, 1.165) is 5.56 Å². The number of hydrogen-bond acceptors (Lipinski definition) is 4. The van der Waals surface area contributed by atoms with E-state index in [-0.39, 0.29) is 28.9 Å². The van der Waals surface area contributed by atoms with Crippen LogP contribution in [0.25, 0.3) is 0 Å². The van der Waals surface area contributed by atoms with Crippen LogP contribution in [0.2, 0.25) is 0 Å². The summed E-state index contributed by atoms with van der Waals surface area (Å²) in [5.74, 6) is 0.570. The number of rotatable bonds is 5. The fraction of sp³-hybridized carbons (Fsp3) is 0.435. The molecule has 2 aromatic rings. The van der Waals surface area contributed by atoms with E-state index in [1.165, 1.54) is 5.56 Å². The van der Waals surface area contributed by atoms with Crippen molar-refractivity contribution in [3.63, 3.8) is 0 Å². The first-order valence-corrected chi connectivity index (χ1v) is 11.7. The van der Waals surface area contributed by atoms with Crippen LogP contribution in [0.5, 0.6) is 5.75 Å². The molecule has 0 aromatic heterocycles. The summed E-state index contributed by atoms with van der Waals surface area (Å²) in [6.45, 7) is 6.85. The molecule has 1 fully saturated rings. The summed E-state index contributed by atoms with van der Waals surface area (Å²) < 4.78 is 29.3. The Hall–Kier alpha value is -2.34. The molecule has 29 heavy (non-hydrogen) atoms. The second-order valence-corrected chi connectivity index (χ2v) is 10.9. The SMILES string of the molecule is COc1cccc(C(=O)N(Cc2ccc(C(C)(C)C)cc2)C2CCS(=O)(=O)C2)c1. The van der Waals surface area contributed by atoms with Crippen molar-refractivity contribution >= 4 is 15.7 Å². The molecule has 0 bridgehead atoms.